The molecule has 0 aromatic heterocycles. The van der Waals surface area contributed by atoms with Crippen LogP contribution in [0.4, 0.5) is 10.5 Å². The van der Waals surface area contributed by atoms with E-state index in [9.17, 15) is 9.59 Å². The van der Waals surface area contributed by atoms with Crippen molar-refractivity contribution in [3.05, 3.63) is 28.8 Å². The average Bonchev–Trinajstić information content (AvgIpc) is 2.65. The quantitative estimate of drug-likeness (QED) is 0.726. The van der Waals surface area contributed by atoms with Gasteiger partial charge >= 0.3 is 6.03 Å². The summed E-state index contributed by atoms with van der Waals surface area (Å²) >= 11 is 6.33. The van der Waals surface area contributed by atoms with Gasteiger partial charge in [-0.1, -0.05) is 44.7 Å². The molecule has 144 valence electrons. The number of nitrogens with one attached hydrogen (secondary N) is 2. The zero-order chi connectivity index (χ0) is 19.1. The predicted octanol–water partition coefficient (Wildman–Crippen LogP) is 5.05. The predicted molar refractivity (Wildman–Crippen MR) is 107 cm³/mol. The van der Waals surface area contributed by atoms with Gasteiger partial charge in [-0.05, 0) is 43.9 Å². The van der Waals surface area contributed by atoms with E-state index in [1.807, 2.05) is 25.8 Å². The summed E-state index contributed by atoms with van der Waals surface area (Å²) < 4.78 is 0. The van der Waals surface area contributed by atoms with E-state index in [1.165, 1.54) is 19.3 Å². The van der Waals surface area contributed by atoms with Crippen molar-refractivity contribution in [3.8, 4) is 0 Å². The maximum absolute atomic E-state index is 12.8. The van der Waals surface area contributed by atoms with Crippen molar-refractivity contribution in [2.45, 2.75) is 70.9 Å². The molecule has 1 aromatic rings. The molecule has 26 heavy (non-hydrogen) atoms. The molecule has 0 heterocycles. The fourth-order valence-electron chi connectivity index (χ4n) is 3.44. The number of hydrogen-bond acceptors (Lipinski definition) is 2. The smallest absolute Gasteiger partial charge is 0.319 e. The van der Waals surface area contributed by atoms with Gasteiger partial charge in [0, 0.05) is 24.8 Å². The molecule has 0 unspecified atom stereocenters. The Hall–Kier alpha value is -1.75. The van der Waals surface area contributed by atoms with Crippen molar-refractivity contribution in [3.63, 3.8) is 0 Å². The monoisotopic (exact) mass is 379 g/mol. The minimum Gasteiger partial charge on any atom is -0.339 e. The van der Waals surface area contributed by atoms with Crippen molar-refractivity contribution < 1.29 is 9.59 Å². The van der Waals surface area contributed by atoms with Crippen LogP contribution in [0.2, 0.25) is 5.02 Å². The van der Waals surface area contributed by atoms with Crippen LogP contribution in [0.3, 0.4) is 0 Å². The van der Waals surface area contributed by atoms with Crippen molar-refractivity contribution in [2.24, 2.45) is 0 Å². The van der Waals surface area contributed by atoms with E-state index in [-0.39, 0.29) is 24.0 Å². The molecule has 3 amide bonds. The van der Waals surface area contributed by atoms with Gasteiger partial charge in [-0.3, -0.25) is 4.79 Å². The lowest BCUT2D eigenvalue weighted by molar-refractivity contribution is 0.0696. The fourth-order valence-corrected chi connectivity index (χ4v) is 3.70. The van der Waals surface area contributed by atoms with Crippen LogP contribution >= 0.6 is 11.6 Å². The fraction of sp³-hybridized carbons (Fsp3) is 0.600. The zero-order valence-electron chi connectivity index (χ0n) is 16.0. The van der Waals surface area contributed by atoms with Crippen LogP contribution in [-0.4, -0.2) is 36.0 Å². The molecule has 2 N–H and O–H groups in total. The number of carbonyl (C=O) groups excluding carboxylic acids is 2. The van der Waals surface area contributed by atoms with Gasteiger partial charge in [-0.25, -0.2) is 4.79 Å². The second kappa shape index (κ2) is 9.81. The third-order valence-corrected chi connectivity index (χ3v) is 5.53. The van der Waals surface area contributed by atoms with E-state index >= 15 is 0 Å². The third kappa shape index (κ3) is 5.37. The summed E-state index contributed by atoms with van der Waals surface area (Å²) in [7, 11) is 1.85. The third-order valence-electron chi connectivity index (χ3n) is 5.22. The molecule has 1 aliphatic carbocycles. The van der Waals surface area contributed by atoms with Gasteiger partial charge < -0.3 is 15.5 Å². The van der Waals surface area contributed by atoms with E-state index in [2.05, 4.69) is 10.6 Å². The maximum Gasteiger partial charge on any atom is 0.319 e. The molecule has 6 heteroatoms. The highest BCUT2D eigenvalue weighted by molar-refractivity contribution is 6.34. The van der Waals surface area contributed by atoms with Crippen molar-refractivity contribution in [2.75, 3.05) is 12.4 Å². The Morgan fingerprint density at radius 2 is 1.85 bits per heavy atom. The molecular weight excluding hydrogens is 350 g/mol. The normalized spacial score (nSPS) is 15.0. The van der Waals surface area contributed by atoms with Gasteiger partial charge in [-0.15, -0.1) is 0 Å². The highest BCUT2D eigenvalue weighted by Gasteiger charge is 2.24. The molecule has 0 radical (unpaired) electrons. The summed E-state index contributed by atoms with van der Waals surface area (Å²) in [6, 6.07) is 5.23. The number of nitrogens with zero attached hydrogens (tertiary/aromatic N) is 1. The van der Waals surface area contributed by atoms with E-state index in [4.69, 9.17) is 11.6 Å². The number of hydrogen-bond donors (Lipinski definition) is 2. The Labute approximate surface area is 161 Å². The molecule has 1 aliphatic rings. The zero-order valence-corrected chi connectivity index (χ0v) is 16.7. The number of carbonyl (C=O) groups is 2. The first kappa shape index (κ1) is 20.6. The van der Waals surface area contributed by atoms with E-state index < -0.39 is 0 Å². The maximum atomic E-state index is 12.8. The van der Waals surface area contributed by atoms with Crippen LogP contribution in [0, 0.1) is 0 Å². The summed E-state index contributed by atoms with van der Waals surface area (Å²) in [6.45, 7) is 4.07. The van der Waals surface area contributed by atoms with Gasteiger partial charge in [0.2, 0.25) is 0 Å². The minimum absolute atomic E-state index is 0.0602. The molecule has 0 spiro atoms. The Balaban J connectivity index is 2.01. The Morgan fingerprint density at radius 3 is 2.42 bits per heavy atom. The topological polar surface area (TPSA) is 61.4 Å². The minimum atomic E-state index is -0.256. The molecule has 5 nitrogen and oxygen atoms in total. The molecular formula is C20H30ClN3O2. The lowest BCUT2D eigenvalue weighted by Gasteiger charge is -2.31. The van der Waals surface area contributed by atoms with Gasteiger partial charge in [0.05, 0.1) is 10.6 Å². The van der Waals surface area contributed by atoms with Crippen molar-refractivity contribution in [1.82, 2.24) is 10.2 Å². The Bertz CT molecular complexity index is 625. The van der Waals surface area contributed by atoms with Crippen LogP contribution in [0.5, 0.6) is 0 Å². The van der Waals surface area contributed by atoms with Crippen molar-refractivity contribution in [1.29, 1.82) is 0 Å². The Morgan fingerprint density at radius 1 is 1.19 bits per heavy atom. The average molecular weight is 380 g/mol. The van der Waals surface area contributed by atoms with Gasteiger partial charge in [-0.2, -0.15) is 0 Å². The molecule has 0 atom stereocenters. The van der Waals surface area contributed by atoms with Crippen molar-refractivity contribution >= 4 is 29.2 Å². The molecule has 1 saturated carbocycles. The Kier molecular flexibility index (Phi) is 7.76. The van der Waals surface area contributed by atoms with E-state index in [0.29, 0.717) is 16.3 Å². The highest BCUT2D eigenvalue weighted by Crippen LogP contribution is 2.26. The SMILES string of the molecule is CCC(CC)NC(=O)Nc1ccc(C(=O)N(C)C2CCCCC2)c(Cl)c1. The number of urea groups is 1. The van der Waals surface area contributed by atoms with E-state index in [1.54, 1.807) is 18.2 Å². The van der Waals surface area contributed by atoms with Crippen LogP contribution < -0.4 is 10.6 Å². The first-order valence-corrected chi connectivity index (χ1v) is 9.98. The van der Waals surface area contributed by atoms with Crippen LogP contribution in [-0.2, 0) is 0 Å². The number of anilines is 1. The van der Waals surface area contributed by atoms with Crippen LogP contribution in [0.25, 0.3) is 0 Å². The first-order valence-electron chi connectivity index (χ1n) is 9.60. The number of rotatable bonds is 6. The molecule has 0 bridgehead atoms. The summed E-state index contributed by atoms with van der Waals surface area (Å²) in [4.78, 5) is 26.6. The molecule has 0 saturated heterocycles. The lowest BCUT2D eigenvalue weighted by atomic mass is 9.94. The van der Waals surface area contributed by atoms with Gasteiger partial charge in [0.1, 0.15) is 0 Å². The molecule has 0 aliphatic heterocycles. The summed E-state index contributed by atoms with van der Waals surface area (Å²) in [6.07, 6.45) is 7.45. The van der Waals surface area contributed by atoms with Gasteiger partial charge in [0.25, 0.3) is 5.91 Å². The largest absolute Gasteiger partial charge is 0.339 e. The lowest BCUT2D eigenvalue weighted by Crippen LogP contribution is -2.38. The van der Waals surface area contributed by atoms with Crippen LogP contribution in [0.15, 0.2) is 18.2 Å². The molecule has 2 rings (SSSR count). The first-order chi connectivity index (χ1) is 12.5. The number of halogens is 1. The molecule has 1 aromatic carbocycles. The summed E-state index contributed by atoms with van der Waals surface area (Å²) in [5.41, 5.74) is 1.06. The summed E-state index contributed by atoms with van der Waals surface area (Å²) in [5.74, 6) is -0.0602. The van der Waals surface area contributed by atoms with Gasteiger partial charge in [0.15, 0.2) is 0 Å². The van der Waals surface area contributed by atoms with E-state index in [0.717, 1.165) is 25.7 Å². The second-order valence-electron chi connectivity index (χ2n) is 7.01. The summed E-state index contributed by atoms with van der Waals surface area (Å²) in [5, 5.41) is 6.06. The number of amides is 3. The van der Waals surface area contributed by atoms with Crippen LogP contribution in [0.1, 0.15) is 69.2 Å². The number of benzene rings is 1. The second-order valence-corrected chi connectivity index (χ2v) is 7.42. The molecule has 1 fully saturated rings. The highest BCUT2D eigenvalue weighted by atomic mass is 35.5. The standard InChI is InChI=1S/C20H30ClN3O2/c1-4-14(5-2)22-20(26)23-15-11-12-17(18(21)13-15)19(25)24(3)16-9-7-6-8-10-16/h11-14,16H,4-10H2,1-3H3,(H2,22,23,26).